The first-order chi connectivity index (χ1) is 9.37. The molecule has 0 aliphatic rings. The van der Waals surface area contributed by atoms with Crippen LogP contribution in [0.25, 0.3) is 0 Å². The third-order valence-electron chi connectivity index (χ3n) is 2.62. The Kier molecular flexibility index (Phi) is 3.78. The standard InChI is InChI=1S/C13H11F3N2O2/c1-8-11(12(19)17-13(14,15)16)10(20-18-8)7-9-5-3-2-4-6-9/h2-6H,7H2,1H3,(H,17,19). The number of nitrogens with one attached hydrogen (secondary N) is 1. The van der Waals surface area contributed by atoms with Crippen LogP contribution in [-0.4, -0.2) is 17.4 Å². The lowest BCUT2D eigenvalue weighted by Gasteiger charge is -2.08. The highest BCUT2D eigenvalue weighted by Gasteiger charge is 2.33. The van der Waals surface area contributed by atoms with Gasteiger partial charge in [-0.15, -0.1) is 0 Å². The Morgan fingerprint density at radius 3 is 2.55 bits per heavy atom. The molecule has 20 heavy (non-hydrogen) atoms. The average Bonchev–Trinajstić information content (AvgIpc) is 2.69. The van der Waals surface area contributed by atoms with E-state index < -0.39 is 12.2 Å². The Morgan fingerprint density at radius 2 is 1.95 bits per heavy atom. The van der Waals surface area contributed by atoms with E-state index in [9.17, 15) is 18.0 Å². The summed E-state index contributed by atoms with van der Waals surface area (Å²) in [6.45, 7) is 1.42. The molecule has 1 N–H and O–H groups in total. The van der Waals surface area contributed by atoms with Gasteiger partial charge in [0.25, 0.3) is 5.91 Å². The molecule has 0 bridgehead atoms. The van der Waals surface area contributed by atoms with E-state index in [-0.39, 0.29) is 23.4 Å². The van der Waals surface area contributed by atoms with Gasteiger partial charge in [0.15, 0.2) is 5.76 Å². The predicted octanol–water partition coefficient (Wildman–Crippen LogP) is 2.82. The van der Waals surface area contributed by atoms with Crippen LogP contribution in [0.2, 0.25) is 0 Å². The molecule has 0 spiro atoms. The van der Waals surface area contributed by atoms with Gasteiger partial charge in [0.05, 0.1) is 5.69 Å². The lowest BCUT2D eigenvalue weighted by atomic mass is 10.1. The predicted molar refractivity (Wildman–Crippen MR) is 64.0 cm³/mol. The van der Waals surface area contributed by atoms with Crippen molar-refractivity contribution in [3.8, 4) is 0 Å². The van der Waals surface area contributed by atoms with E-state index >= 15 is 0 Å². The number of nitrogens with zero attached hydrogens (tertiary/aromatic N) is 1. The van der Waals surface area contributed by atoms with Gasteiger partial charge in [-0.3, -0.25) is 10.1 Å². The van der Waals surface area contributed by atoms with E-state index in [1.165, 1.54) is 6.92 Å². The molecule has 7 heteroatoms. The van der Waals surface area contributed by atoms with Gasteiger partial charge in [-0.05, 0) is 12.5 Å². The molecule has 1 aromatic carbocycles. The number of benzene rings is 1. The molecular weight excluding hydrogens is 273 g/mol. The molecule has 0 saturated heterocycles. The summed E-state index contributed by atoms with van der Waals surface area (Å²) in [5.41, 5.74) is 0.758. The van der Waals surface area contributed by atoms with Crippen LogP contribution in [0.4, 0.5) is 13.2 Å². The first kappa shape index (κ1) is 14.1. The van der Waals surface area contributed by atoms with E-state index in [1.54, 1.807) is 24.3 Å². The summed E-state index contributed by atoms with van der Waals surface area (Å²) in [6, 6.07) is 8.95. The minimum Gasteiger partial charge on any atom is -0.360 e. The maximum absolute atomic E-state index is 12.2. The van der Waals surface area contributed by atoms with Crippen molar-refractivity contribution in [3.05, 3.63) is 52.9 Å². The fraction of sp³-hybridized carbons (Fsp3) is 0.231. The number of amides is 1. The van der Waals surface area contributed by atoms with Gasteiger partial charge in [0.1, 0.15) is 5.56 Å². The number of halogens is 3. The summed E-state index contributed by atoms with van der Waals surface area (Å²) < 4.78 is 41.6. The summed E-state index contributed by atoms with van der Waals surface area (Å²) in [4.78, 5) is 11.6. The Bertz CT molecular complexity index is 606. The number of alkyl halides is 3. The maximum atomic E-state index is 12.2. The van der Waals surface area contributed by atoms with Crippen LogP contribution in [0.1, 0.15) is 27.4 Å². The highest BCUT2D eigenvalue weighted by atomic mass is 19.4. The van der Waals surface area contributed by atoms with Crippen molar-refractivity contribution in [2.24, 2.45) is 0 Å². The summed E-state index contributed by atoms with van der Waals surface area (Å²) in [7, 11) is 0. The lowest BCUT2D eigenvalue weighted by molar-refractivity contribution is -0.146. The average molecular weight is 284 g/mol. The Hall–Kier alpha value is -2.31. The summed E-state index contributed by atoms with van der Waals surface area (Å²) >= 11 is 0. The minimum atomic E-state index is -4.79. The lowest BCUT2D eigenvalue weighted by Crippen LogP contribution is -2.37. The van der Waals surface area contributed by atoms with Crippen molar-refractivity contribution < 1.29 is 22.5 Å². The number of carbonyl (C=O) groups is 1. The van der Waals surface area contributed by atoms with Crippen LogP contribution in [0.15, 0.2) is 34.9 Å². The maximum Gasteiger partial charge on any atom is 0.484 e. The second kappa shape index (κ2) is 5.36. The molecule has 1 amide bonds. The summed E-state index contributed by atoms with van der Waals surface area (Å²) in [6.07, 6.45) is -4.59. The van der Waals surface area contributed by atoms with Crippen LogP contribution in [0.5, 0.6) is 0 Å². The topological polar surface area (TPSA) is 55.1 Å². The second-order valence-electron chi connectivity index (χ2n) is 4.18. The first-order valence-corrected chi connectivity index (χ1v) is 5.75. The molecule has 0 aliphatic heterocycles. The zero-order valence-electron chi connectivity index (χ0n) is 10.5. The van der Waals surface area contributed by atoms with Gasteiger partial charge >= 0.3 is 6.30 Å². The molecule has 2 rings (SSSR count). The molecule has 2 aromatic rings. The summed E-state index contributed by atoms with van der Waals surface area (Å²) in [5, 5.41) is 4.51. The zero-order valence-corrected chi connectivity index (χ0v) is 10.5. The minimum absolute atomic E-state index is 0.107. The van der Waals surface area contributed by atoms with Crippen LogP contribution in [0.3, 0.4) is 0 Å². The quantitative estimate of drug-likeness (QED) is 0.882. The van der Waals surface area contributed by atoms with Crippen molar-refractivity contribution in [3.63, 3.8) is 0 Å². The van der Waals surface area contributed by atoms with E-state index in [2.05, 4.69) is 5.16 Å². The molecule has 0 fully saturated rings. The van der Waals surface area contributed by atoms with Gasteiger partial charge in [-0.1, -0.05) is 35.5 Å². The van der Waals surface area contributed by atoms with Crippen LogP contribution in [-0.2, 0) is 6.42 Å². The molecule has 0 aliphatic carbocycles. The van der Waals surface area contributed by atoms with Crippen LogP contribution >= 0.6 is 0 Å². The van der Waals surface area contributed by atoms with Gasteiger partial charge in [0, 0.05) is 6.42 Å². The van der Waals surface area contributed by atoms with Crippen LogP contribution < -0.4 is 5.32 Å². The molecule has 0 radical (unpaired) electrons. The molecule has 1 aromatic heterocycles. The van der Waals surface area contributed by atoms with Crippen molar-refractivity contribution in [1.29, 1.82) is 0 Å². The smallest absolute Gasteiger partial charge is 0.360 e. The van der Waals surface area contributed by atoms with Crippen molar-refractivity contribution in [1.82, 2.24) is 10.5 Å². The molecule has 0 saturated carbocycles. The Morgan fingerprint density at radius 1 is 1.30 bits per heavy atom. The molecule has 1 heterocycles. The number of aryl methyl sites for hydroxylation is 1. The molecule has 0 atom stereocenters. The van der Waals surface area contributed by atoms with Crippen LogP contribution in [0, 0.1) is 6.92 Å². The third kappa shape index (κ3) is 3.37. The first-order valence-electron chi connectivity index (χ1n) is 5.75. The zero-order chi connectivity index (χ0) is 14.8. The largest absolute Gasteiger partial charge is 0.484 e. The number of hydrogen-bond donors (Lipinski definition) is 1. The monoisotopic (exact) mass is 284 g/mol. The summed E-state index contributed by atoms with van der Waals surface area (Å²) in [5.74, 6) is -1.15. The molecule has 0 unspecified atom stereocenters. The molecule has 4 nitrogen and oxygen atoms in total. The van der Waals surface area contributed by atoms with Gasteiger partial charge < -0.3 is 4.52 Å². The van der Waals surface area contributed by atoms with E-state index in [4.69, 9.17) is 4.52 Å². The molecule has 106 valence electrons. The third-order valence-corrected chi connectivity index (χ3v) is 2.62. The SMILES string of the molecule is Cc1noc(Cc2ccccc2)c1C(=O)NC(F)(F)F. The fourth-order valence-corrected chi connectivity index (χ4v) is 1.80. The van der Waals surface area contributed by atoms with Gasteiger partial charge in [-0.25, -0.2) is 0 Å². The van der Waals surface area contributed by atoms with Crippen molar-refractivity contribution in [2.75, 3.05) is 0 Å². The van der Waals surface area contributed by atoms with E-state index in [0.717, 1.165) is 10.9 Å². The highest BCUT2D eigenvalue weighted by molar-refractivity contribution is 5.96. The number of aromatic nitrogens is 1. The van der Waals surface area contributed by atoms with Crippen molar-refractivity contribution in [2.45, 2.75) is 19.6 Å². The van der Waals surface area contributed by atoms with Gasteiger partial charge in [-0.2, -0.15) is 13.2 Å². The number of carbonyl (C=O) groups excluding carboxylic acids is 1. The number of hydrogen-bond acceptors (Lipinski definition) is 3. The molecular formula is C13H11F3N2O2. The Labute approximate surface area is 112 Å². The van der Waals surface area contributed by atoms with E-state index in [1.807, 2.05) is 6.07 Å². The Balaban J connectivity index is 2.26. The van der Waals surface area contributed by atoms with Crippen molar-refractivity contribution >= 4 is 5.91 Å². The number of rotatable bonds is 3. The second-order valence-corrected chi connectivity index (χ2v) is 4.18. The van der Waals surface area contributed by atoms with E-state index in [0.29, 0.717) is 0 Å². The van der Waals surface area contributed by atoms with Gasteiger partial charge in [0.2, 0.25) is 0 Å². The normalized spacial score (nSPS) is 11.4. The highest BCUT2D eigenvalue weighted by Crippen LogP contribution is 2.19. The fourth-order valence-electron chi connectivity index (χ4n) is 1.80.